The van der Waals surface area contributed by atoms with Crippen molar-refractivity contribution < 1.29 is 9.53 Å². The summed E-state index contributed by atoms with van der Waals surface area (Å²) in [6.45, 7) is 5.05. The second-order valence-electron chi connectivity index (χ2n) is 1.94. The fraction of sp³-hybridized carbons (Fsp3) is 0.444. The van der Waals surface area contributed by atoms with E-state index in [0.29, 0.717) is 6.42 Å². The molecule has 0 rings (SSSR count). The zero-order valence-electron chi connectivity index (χ0n) is 6.72. The second kappa shape index (κ2) is 6.88. The van der Waals surface area contributed by atoms with Gasteiger partial charge in [0, 0.05) is 12.8 Å². The van der Waals surface area contributed by atoms with Crippen LogP contribution in [0.5, 0.6) is 0 Å². The number of hydrogen-bond acceptors (Lipinski definition) is 2. The minimum absolute atomic E-state index is 0.238. The van der Waals surface area contributed by atoms with E-state index >= 15 is 0 Å². The first kappa shape index (κ1) is 9.77. The van der Waals surface area contributed by atoms with Crippen molar-refractivity contribution in [2.24, 2.45) is 0 Å². The van der Waals surface area contributed by atoms with Crippen molar-refractivity contribution in [2.75, 3.05) is 0 Å². The molecule has 0 aromatic heterocycles. The van der Waals surface area contributed by atoms with Gasteiger partial charge >= 0.3 is 5.97 Å². The largest absolute Gasteiger partial charge is 0.435 e. The fourth-order valence-electron chi connectivity index (χ4n) is 0.598. The molecule has 0 atom stereocenters. The average Bonchev–Trinajstić information content (AvgIpc) is 1.99. The quantitative estimate of drug-likeness (QED) is 0.266. The van der Waals surface area contributed by atoms with Gasteiger partial charge in [-0.25, -0.2) is 0 Å². The molecule has 0 saturated carbocycles. The number of hydrogen-bond donors (Lipinski definition) is 0. The highest BCUT2D eigenvalue weighted by molar-refractivity contribution is 5.69. The molecule has 0 spiro atoms. The van der Waals surface area contributed by atoms with Crippen LogP contribution in [0, 0.1) is 11.8 Å². The van der Waals surface area contributed by atoms with Crippen LogP contribution < -0.4 is 0 Å². The molecular formula is C9H12O2. The molecule has 0 radical (unpaired) electrons. The first-order chi connectivity index (χ1) is 5.31. The lowest BCUT2D eigenvalue weighted by Crippen LogP contribution is -1.97. The SMILES string of the molecule is C=COC(=O)CCCC#CC. The number of carbonyl (C=O) groups excluding carboxylic acids is 1. The fourth-order valence-corrected chi connectivity index (χ4v) is 0.598. The zero-order valence-corrected chi connectivity index (χ0v) is 6.72. The third-order valence-electron chi connectivity index (χ3n) is 1.07. The summed E-state index contributed by atoms with van der Waals surface area (Å²) in [6, 6.07) is 0. The molecule has 0 amide bonds. The van der Waals surface area contributed by atoms with E-state index in [4.69, 9.17) is 0 Å². The van der Waals surface area contributed by atoms with Gasteiger partial charge in [-0.3, -0.25) is 4.79 Å². The third kappa shape index (κ3) is 6.66. The maximum Gasteiger partial charge on any atom is 0.310 e. The first-order valence-electron chi connectivity index (χ1n) is 3.51. The van der Waals surface area contributed by atoms with Gasteiger partial charge in [-0.2, -0.15) is 0 Å². The predicted octanol–water partition coefficient (Wildman–Crippen LogP) is 1.87. The maximum atomic E-state index is 10.7. The van der Waals surface area contributed by atoms with Crippen LogP contribution in [0.15, 0.2) is 12.8 Å². The van der Waals surface area contributed by atoms with Gasteiger partial charge in [0.2, 0.25) is 0 Å². The molecule has 0 bridgehead atoms. The van der Waals surface area contributed by atoms with Crippen molar-refractivity contribution in [3.8, 4) is 11.8 Å². The van der Waals surface area contributed by atoms with Crippen LogP contribution >= 0.6 is 0 Å². The van der Waals surface area contributed by atoms with Crippen LogP contribution in [0.3, 0.4) is 0 Å². The molecule has 0 aromatic rings. The molecule has 0 aliphatic carbocycles. The zero-order chi connectivity index (χ0) is 8.53. The van der Waals surface area contributed by atoms with E-state index < -0.39 is 0 Å². The molecule has 0 N–H and O–H groups in total. The van der Waals surface area contributed by atoms with Gasteiger partial charge in [0.25, 0.3) is 0 Å². The van der Waals surface area contributed by atoms with Gasteiger partial charge in [-0.05, 0) is 13.3 Å². The van der Waals surface area contributed by atoms with Crippen molar-refractivity contribution >= 4 is 5.97 Å². The number of ether oxygens (including phenoxy) is 1. The molecule has 0 aliphatic rings. The molecule has 2 nitrogen and oxygen atoms in total. The second-order valence-corrected chi connectivity index (χ2v) is 1.94. The molecule has 11 heavy (non-hydrogen) atoms. The van der Waals surface area contributed by atoms with Gasteiger partial charge in [0.1, 0.15) is 0 Å². The van der Waals surface area contributed by atoms with E-state index in [1.54, 1.807) is 6.92 Å². The summed E-state index contributed by atoms with van der Waals surface area (Å²) >= 11 is 0. The minimum Gasteiger partial charge on any atom is -0.435 e. The summed E-state index contributed by atoms with van der Waals surface area (Å²) in [5.74, 6) is 5.38. The lowest BCUT2D eigenvalue weighted by atomic mass is 10.2. The van der Waals surface area contributed by atoms with Gasteiger partial charge in [-0.1, -0.05) is 6.58 Å². The number of rotatable bonds is 4. The Kier molecular flexibility index (Phi) is 6.11. The Hall–Kier alpha value is -1.23. The predicted molar refractivity (Wildman–Crippen MR) is 43.6 cm³/mol. The van der Waals surface area contributed by atoms with Crippen molar-refractivity contribution in [3.05, 3.63) is 12.8 Å². The lowest BCUT2D eigenvalue weighted by Gasteiger charge is -1.94. The van der Waals surface area contributed by atoms with Crippen molar-refractivity contribution in [1.82, 2.24) is 0 Å². The number of carbonyl (C=O) groups is 1. The van der Waals surface area contributed by atoms with Crippen LogP contribution in [0.25, 0.3) is 0 Å². The molecule has 60 valence electrons. The van der Waals surface area contributed by atoms with Gasteiger partial charge in [0.15, 0.2) is 0 Å². The summed E-state index contributed by atoms with van der Waals surface area (Å²) in [7, 11) is 0. The first-order valence-corrected chi connectivity index (χ1v) is 3.51. The Morgan fingerprint density at radius 1 is 1.73 bits per heavy atom. The van der Waals surface area contributed by atoms with Gasteiger partial charge in [0.05, 0.1) is 6.26 Å². The van der Waals surface area contributed by atoms with Crippen molar-refractivity contribution in [2.45, 2.75) is 26.2 Å². The van der Waals surface area contributed by atoms with E-state index in [9.17, 15) is 4.79 Å². The van der Waals surface area contributed by atoms with Crippen LogP contribution in [0.2, 0.25) is 0 Å². The molecular weight excluding hydrogens is 140 g/mol. The summed E-state index contributed by atoms with van der Waals surface area (Å²) in [6.07, 6.45) is 3.07. The van der Waals surface area contributed by atoms with Crippen LogP contribution in [0.4, 0.5) is 0 Å². The van der Waals surface area contributed by atoms with Crippen LogP contribution in [-0.4, -0.2) is 5.97 Å². The van der Waals surface area contributed by atoms with E-state index in [1.807, 2.05) is 0 Å². The Morgan fingerprint density at radius 2 is 2.45 bits per heavy atom. The molecule has 0 heterocycles. The summed E-state index contributed by atoms with van der Waals surface area (Å²) < 4.78 is 4.50. The Morgan fingerprint density at radius 3 is 3.00 bits per heavy atom. The molecule has 0 aromatic carbocycles. The average molecular weight is 152 g/mol. The summed E-state index contributed by atoms with van der Waals surface area (Å²) in [5.41, 5.74) is 0. The van der Waals surface area contributed by atoms with Gasteiger partial charge < -0.3 is 4.74 Å². The Bertz CT molecular complexity index is 183. The highest BCUT2D eigenvalue weighted by Crippen LogP contribution is 1.96. The van der Waals surface area contributed by atoms with E-state index in [0.717, 1.165) is 19.1 Å². The monoisotopic (exact) mass is 152 g/mol. The van der Waals surface area contributed by atoms with Crippen molar-refractivity contribution in [1.29, 1.82) is 0 Å². The summed E-state index contributed by atoms with van der Waals surface area (Å²) in [4.78, 5) is 10.7. The highest BCUT2D eigenvalue weighted by atomic mass is 16.5. The molecule has 0 saturated heterocycles. The molecule has 2 heteroatoms. The van der Waals surface area contributed by atoms with Crippen LogP contribution in [0.1, 0.15) is 26.2 Å². The number of unbranched alkanes of at least 4 members (excludes halogenated alkanes) is 1. The Labute approximate surface area is 67.2 Å². The smallest absolute Gasteiger partial charge is 0.310 e. The third-order valence-corrected chi connectivity index (χ3v) is 1.07. The highest BCUT2D eigenvalue weighted by Gasteiger charge is 1.97. The molecule has 0 fully saturated rings. The van der Waals surface area contributed by atoms with E-state index in [1.165, 1.54) is 0 Å². The topological polar surface area (TPSA) is 26.3 Å². The molecule has 0 unspecified atom stereocenters. The van der Waals surface area contributed by atoms with Gasteiger partial charge in [-0.15, -0.1) is 11.8 Å². The summed E-state index contributed by atoms with van der Waals surface area (Å²) in [5, 5.41) is 0. The van der Waals surface area contributed by atoms with Crippen molar-refractivity contribution in [3.63, 3.8) is 0 Å². The van der Waals surface area contributed by atoms with E-state index in [-0.39, 0.29) is 5.97 Å². The van der Waals surface area contributed by atoms with E-state index in [2.05, 4.69) is 23.2 Å². The minimum atomic E-state index is -0.238. The number of esters is 1. The van der Waals surface area contributed by atoms with Crippen LogP contribution in [-0.2, 0) is 9.53 Å². The molecule has 0 aliphatic heterocycles. The Balaban J connectivity index is 3.28. The standard InChI is InChI=1S/C9H12O2/c1-3-5-6-7-8-9(10)11-4-2/h4H,2,6-8H2,1H3. The maximum absolute atomic E-state index is 10.7. The lowest BCUT2D eigenvalue weighted by molar-refractivity contribution is -0.138. The normalized spacial score (nSPS) is 7.73.